The first-order valence-corrected chi connectivity index (χ1v) is 4.23. The summed E-state index contributed by atoms with van der Waals surface area (Å²) in [4.78, 5) is 24.4. The maximum Gasteiger partial charge on any atom is 0.355 e. The maximum atomic E-state index is 10.5. The maximum absolute atomic E-state index is 10.5. The molecule has 0 radical (unpaired) electrons. The molecule has 1 heterocycles. The number of carboxylic acids is 2. The number of aromatic carboxylic acids is 2. The van der Waals surface area contributed by atoms with E-state index in [0.717, 1.165) is 0 Å². The van der Waals surface area contributed by atoms with E-state index in [2.05, 4.69) is 4.98 Å². The van der Waals surface area contributed by atoms with Crippen LogP contribution in [0.15, 0.2) is 12.1 Å². The predicted molar refractivity (Wildman–Crippen MR) is 50.9 cm³/mol. The highest BCUT2D eigenvalue weighted by Gasteiger charge is 2.13. The van der Waals surface area contributed by atoms with E-state index < -0.39 is 11.9 Å². The van der Waals surface area contributed by atoms with Gasteiger partial charge >= 0.3 is 11.9 Å². The standard InChI is InChI=1S/C7H4INO4/c8-3-1-2-4(6(10)11)9-5(3)7(12)13/h1-2H,(H,10,11)(H,12,13). The molecule has 5 nitrogen and oxygen atoms in total. The van der Waals surface area contributed by atoms with Crippen molar-refractivity contribution in [1.29, 1.82) is 0 Å². The summed E-state index contributed by atoms with van der Waals surface area (Å²) in [6, 6.07) is 2.66. The van der Waals surface area contributed by atoms with E-state index >= 15 is 0 Å². The number of hydrogen-bond acceptors (Lipinski definition) is 3. The molecule has 6 heteroatoms. The van der Waals surface area contributed by atoms with Gasteiger partial charge in [-0.15, -0.1) is 0 Å². The first-order valence-electron chi connectivity index (χ1n) is 3.15. The molecule has 1 aromatic rings. The quantitative estimate of drug-likeness (QED) is 0.797. The SMILES string of the molecule is O=C(O)c1ccc(I)c(C(=O)O)n1. The number of aromatic nitrogens is 1. The van der Waals surface area contributed by atoms with E-state index in [9.17, 15) is 9.59 Å². The van der Waals surface area contributed by atoms with Crippen LogP contribution >= 0.6 is 22.6 Å². The fourth-order valence-electron chi connectivity index (χ4n) is 0.711. The Morgan fingerprint density at radius 3 is 2.31 bits per heavy atom. The third kappa shape index (κ3) is 2.14. The molecule has 0 spiro atoms. The van der Waals surface area contributed by atoms with Crippen LogP contribution in [0.2, 0.25) is 0 Å². The average Bonchev–Trinajstić information content (AvgIpc) is 2.04. The Kier molecular flexibility index (Phi) is 2.81. The van der Waals surface area contributed by atoms with Gasteiger partial charge in [0.1, 0.15) is 5.69 Å². The molecule has 0 fully saturated rings. The van der Waals surface area contributed by atoms with Crippen LogP contribution in [0.4, 0.5) is 0 Å². The lowest BCUT2D eigenvalue weighted by molar-refractivity contribution is 0.0684. The minimum Gasteiger partial charge on any atom is -0.477 e. The summed E-state index contributed by atoms with van der Waals surface area (Å²) in [5.41, 5.74) is -0.502. The van der Waals surface area contributed by atoms with Gasteiger partial charge in [0.05, 0.1) is 0 Å². The van der Waals surface area contributed by atoms with E-state index in [1.165, 1.54) is 12.1 Å². The molecule has 0 saturated heterocycles. The highest BCUT2D eigenvalue weighted by molar-refractivity contribution is 14.1. The van der Waals surface area contributed by atoms with Gasteiger partial charge in [0.2, 0.25) is 0 Å². The molecule has 1 aromatic heterocycles. The van der Waals surface area contributed by atoms with Gasteiger partial charge in [0.25, 0.3) is 0 Å². The van der Waals surface area contributed by atoms with Crippen molar-refractivity contribution in [3.05, 3.63) is 27.1 Å². The second-order valence-electron chi connectivity index (χ2n) is 2.14. The van der Waals surface area contributed by atoms with Gasteiger partial charge in [-0.25, -0.2) is 14.6 Å². The first kappa shape index (κ1) is 9.90. The van der Waals surface area contributed by atoms with Crippen molar-refractivity contribution < 1.29 is 19.8 Å². The number of carboxylic acid groups (broad SMARTS) is 2. The summed E-state index contributed by atoms with van der Waals surface area (Å²) in [7, 11) is 0. The molecule has 0 aromatic carbocycles. The van der Waals surface area contributed by atoms with Gasteiger partial charge in [-0.1, -0.05) is 0 Å². The van der Waals surface area contributed by atoms with Gasteiger partial charge in [-0.2, -0.15) is 0 Å². The number of halogens is 1. The van der Waals surface area contributed by atoms with Gasteiger partial charge in [-0.05, 0) is 34.7 Å². The van der Waals surface area contributed by atoms with Crippen LogP contribution in [-0.4, -0.2) is 27.1 Å². The zero-order chi connectivity index (χ0) is 10.0. The van der Waals surface area contributed by atoms with Crippen molar-refractivity contribution in [3.63, 3.8) is 0 Å². The topological polar surface area (TPSA) is 87.5 Å². The van der Waals surface area contributed by atoms with Crippen LogP contribution in [0.1, 0.15) is 21.0 Å². The summed E-state index contributed by atoms with van der Waals surface area (Å²) in [6.07, 6.45) is 0. The van der Waals surface area contributed by atoms with Crippen LogP contribution in [0.3, 0.4) is 0 Å². The summed E-state index contributed by atoms with van der Waals surface area (Å²) >= 11 is 1.78. The summed E-state index contributed by atoms with van der Waals surface area (Å²) < 4.78 is 0.412. The third-order valence-electron chi connectivity index (χ3n) is 1.27. The molecule has 0 unspecified atom stereocenters. The van der Waals surface area contributed by atoms with Crippen molar-refractivity contribution in [2.24, 2.45) is 0 Å². The van der Waals surface area contributed by atoms with Gasteiger partial charge < -0.3 is 10.2 Å². The molecule has 1 rings (SSSR count). The Bertz CT molecular complexity index is 377. The van der Waals surface area contributed by atoms with E-state index in [1.54, 1.807) is 22.6 Å². The van der Waals surface area contributed by atoms with Crippen molar-refractivity contribution in [2.75, 3.05) is 0 Å². The average molecular weight is 293 g/mol. The highest BCUT2D eigenvalue weighted by Crippen LogP contribution is 2.10. The Balaban J connectivity index is 3.27. The Labute approximate surface area is 86.6 Å². The number of hydrogen-bond donors (Lipinski definition) is 2. The van der Waals surface area contributed by atoms with Gasteiger partial charge in [0.15, 0.2) is 5.69 Å². The third-order valence-corrected chi connectivity index (χ3v) is 2.14. The number of nitrogens with zero attached hydrogens (tertiary/aromatic N) is 1. The Morgan fingerprint density at radius 1 is 1.23 bits per heavy atom. The molecule has 0 saturated carbocycles. The molecular formula is C7H4INO4. The van der Waals surface area contributed by atoms with E-state index in [1.807, 2.05) is 0 Å². The summed E-state index contributed by atoms with van der Waals surface area (Å²) in [5.74, 6) is -2.47. The van der Waals surface area contributed by atoms with Crippen LogP contribution in [0.25, 0.3) is 0 Å². The number of carbonyl (C=O) groups is 2. The molecule has 0 atom stereocenters. The monoisotopic (exact) mass is 293 g/mol. The minimum absolute atomic E-state index is 0.236. The second kappa shape index (κ2) is 3.69. The summed E-state index contributed by atoms with van der Waals surface area (Å²) in [6.45, 7) is 0. The van der Waals surface area contributed by atoms with Gasteiger partial charge in [0, 0.05) is 3.57 Å². The van der Waals surface area contributed by atoms with Crippen LogP contribution in [0.5, 0.6) is 0 Å². The minimum atomic E-state index is -1.24. The molecule has 0 aliphatic rings. The Morgan fingerprint density at radius 2 is 1.85 bits per heavy atom. The van der Waals surface area contributed by atoms with E-state index in [0.29, 0.717) is 3.57 Å². The fourth-order valence-corrected chi connectivity index (χ4v) is 1.24. The van der Waals surface area contributed by atoms with Crippen LogP contribution in [-0.2, 0) is 0 Å². The molecule has 68 valence electrons. The predicted octanol–water partition coefficient (Wildman–Crippen LogP) is 1.08. The Hall–Kier alpha value is -1.18. The lowest BCUT2D eigenvalue weighted by atomic mass is 10.3. The van der Waals surface area contributed by atoms with Gasteiger partial charge in [-0.3, -0.25) is 0 Å². The molecular weight excluding hydrogens is 289 g/mol. The van der Waals surface area contributed by atoms with Crippen molar-refractivity contribution in [2.45, 2.75) is 0 Å². The lowest BCUT2D eigenvalue weighted by Gasteiger charge is -1.98. The van der Waals surface area contributed by atoms with Crippen molar-refractivity contribution in [3.8, 4) is 0 Å². The summed E-state index contributed by atoms with van der Waals surface area (Å²) in [5, 5.41) is 17.1. The lowest BCUT2D eigenvalue weighted by Crippen LogP contribution is -2.09. The first-order chi connectivity index (χ1) is 6.02. The highest BCUT2D eigenvalue weighted by atomic mass is 127. The van der Waals surface area contributed by atoms with Crippen LogP contribution < -0.4 is 0 Å². The van der Waals surface area contributed by atoms with E-state index in [-0.39, 0.29) is 11.4 Å². The fraction of sp³-hybridized carbons (Fsp3) is 0. The molecule has 2 N–H and O–H groups in total. The second-order valence-corrected chi connectivity index (χ2v) is 3.30. The zero-order valence-electron chi connectivity index (χ0n) is 6.19. The van der Waals surface area contributed by atoms with Crippen molar-refractivity contribution in [1.82, 2.24) is 4.98 Å². The van der Waals surface area contributed by atoms with Crippen LogP contribution in [0, 0.1) is 3.57 Å². The molecule has 0 aliphatic heterocycles. The molecule has 0 aliphatic carbocycles. The largest absolute Gasteiger partial charge is 0.477 e. The number of pyridine rings is 1. The zero-order valence-corrected chi connectivity index (χ0v) is 8.35. The molecule has 0 amide bonds. The van der Waals surface area contributed by atoms with E-state index in [4.69, 9.17) is 10.2 Å². The molecule has 0 bridgehead atoms. The number of rotatable bonds is 2. The van der Waals surface area contributed by atoms with Crippen molar-refractivity contribution >= 4 is 34.5 Å². The normalized spacial score (nSPS) is 9.62. The molecule has 13 heavy (non-hydrogen) atoms. The smallest absolute Gasteiger partial charge is 0.355 e.